The SMILES string of the molecule is O=[N+]([O-])c1ccc(NCCOc2ccccc2)c2ncccc12. The molecule has 6 nitrogen and oxygen atoms in total. The van der Waals surface area contributed by atoms with Crippen LogP contribution in [0, 0.1) is 10.1 Å². The quantitative estimate of drug-likeness (QED) is 0.427. The van der Waals surface area contributed by atoms with Gasteiger partial charge in [0, 0.05) is 18.8 Å². The van der Waals surface area contributed by atoms with Crippen LogP contribution >= 0.6 is 0 Å². The van der Waals surface area contributed by atoms with Crippen LogP contribution in [0.1, 0.15) is 0 Å². The van der Waals surface area contributed by atoms with Gasteiger partial charge in [0.25, 0.3) is 5.69 Å². The van der Waals surface area contributed by atoms with E-state index in [1.165, 1.54) is 6.07 Å². The summed E-state index contributed by atoms with van der Waals surface area (Å²) < 4.78 is 5.61. The van der Waals surface area contributed by atoms with Gasteiger partial charge in [-0.25, -0.2) is 0 Å². The van der Waals surface area contributed by atoms with Gasteiger partial charge in [-0.1, -0.05) is 18.2 Å². The lowest BCUT2D eigenvalue weighted by Gasteiger charge is -2.10. The number of nitro groups is 1. The van der Waals surface area contributed by atoms with Gasteiger partial charge in [-0.2, -0.15) is 0 Å². The van der Waals surface area contributed by atoms with Crippen LogP contribution in [0.5, 0.6) is 5.75 Å². The number of non-ortho nitro benzene ring substituents is 1. The van der Waals surface area contributed by atoms with E-state index in [1.54, 1.807) is 24.4 Å². The average Bonchev–Trinajstić information content (AvgIpc) is 2.59. The molecule has 0 radical (unpaired) electrons. The van der Waals surface area contributed by atoms with Crippen molar-refractivity contribution in [3.8, 4) is 5.75 Å². The van der Waals surface area contributed by atoms with Crippen molar-refractivity contribution in [3.05, 3.63) is 70.9 Å². The third kappa shape index (κ3) is 3.37. The molecule has 0 saturated heterocycles. The Balaban J connectivity index is 1.71. The second-order valence-electron chi connectivity index (χ2n) is 4.88. The molecule has 116 valence electrons. The summed E-state index contributed by atoms with van der Waals surface area (Å²) in [5.74, 6) is 0.806. The second-order valence-corrected chi connectivity index (χ2v) is 4.88. The molecule has 2 aromatic carbocycles. The summed E-state index contributed by atoms with van der Waals surface area (Å²) in [4.78, 5) is 14.9. The van der Waals surface area contributed by atoms with E-state index in [0.717, 1.165) is 11.4 Å². The third-order valence-corrected chi connectivity index (χ3v) is 3.37. The summed E-state index contributed by atoms with van der Waals surface area (Å²) >= 11 is 0. The van der Waals surface area contributed by atoms with E-state index >= 15 is 0 Å². The average molecular weight is 309 g/mol. The largest absolute Gasteiger partial charge is 0.492 e. The van der Waals surface area contributed by atoms with Crippen molar-refractivity contribution in [2.45, 2.75) is 0 Å². The molecule has 23 heavy (non-hydrogen) atoms. The van der Waals surface area contributed by atoms with Crippen molar-refractivity contribution in [3.63, 3.8) is 0 Å². The van der Waals surface area contributed by atoms with Gasteiger partial charge in [-0.3, -0.25) is 15.1 Å². The van der Waals surface area contributed by atoms with Crippen LogP contribution in [-0.2, 0) is 0 Å². The van der Waals surface area contributed by atoms with Crippen molar-refractivity contribution >= 4 is 22.3 Å². The number of aromatic nitrogens is 1. The first-order chi connectivity index (χ1) is 11.3. The molecule has 0 atom stereocenters. The van der Waals surface area contributed by atoms with Gasteiger partial charge in [0.15, 0.2) is 0 Å². The Hall–Kier alpha value is -3.15. The van der Waals surface area contributed by atoms with Gasteiger partial charge in [0.1, 0.15) is 17.9 Å². The van der Waals surface area contributed by atoms with Gasteiger partial charge in [0.05, 0.1) is 16.0 Å². The standard InChI is InChI=1S/C17H15N3O3/c21-20(22)16-9-8-15(17-14(16)7-4-10-19-17)18-11-12-23-13-5-2-1-3-6-13/h1-10,18H,11-12H2. The van der Waals surface area contributed by atoms with Gasteiger partial charge in [0.2, 0.25) is 0 Å². The first-order valence-electron chi connectivity index (χ1n) is 7.19. The Labute approximate surface area is 132 Å². The Morgan fingerprint density at radius 1 is 1.09 bits per heavy atom. The number of hydrogen-bond acceptors (Lipinski definition) is 5. The number of nitro benzene ring substituents is 1. The van der Waals surface area contributed by atoms with Crippen molar-refractivity contribution in [1.29, 1.82) is 0 Å². The fourth-order valence-electron chi connectivity index (χ4n) is 2.33. The van der Waals surface area contributed by atoms with Crippen LogP contribution in [-0.4, -0.2) is 23.1 Å². The fourth-order valence-corrected chi connectivity index (χ4v) is 2.33. The Kier molecular flexibility index (Phi) is 4.33. The maximum atomic E-state index is 11.1. The zero-order valence-electron chi connectivity index (χ0n) is 12.3. The molecular weight excluding hydrogens is 294 g/mol. The predicted molar refractivity (Wildman–Crippen MR) is 88.8 cm³/mol. The first-order valence-corrected chi connectivity index (χ1v) is 7.19. The lowest BCUT2D eigenvalue weighted by Crippen LogP contribution is -2.12. The summed E-state index contributed by atoms with van der Waals surface area (Å²) in [5.41, 5.74) is 1.39. The molecule has 1 aromatic heterocycles. The number of pyridine rings is 1. The van der Waals surface area contributed by atoms with E-state index in [2.05, 4.69) is 10.3 Å². The zero-order chi connectivity index (χ0) is 16.1. The molecule has 0 aliphatic carbocycles. The number of nitrogens with one attached hydrogen (secondary N) is 1. The Morgan fingerprint density at radius 3 is 2.70 bits per heavy atom. The maximum Gasteiger partial charge on any atom is 0.278 e. The van der Waals surface area contributed by atoms with E-state index in [1.807, 2.05) is 30.3 Å². The van der Waals surface area contributed by atoms with E-state index in [9.17, 15) is 10.1 Å². The van der Waals surface area contributed by atoms with E-state index in [0.29, 0.717) is 24.1 Å². The van der Waals surface area contributed by atoms with E-state index in [4.69, 9.17) is 4.74 Å². The Morgan fingerprint density at radius 2 is 1.91 bits per heavy atom. The first kappa shape index (κ1) is 14.8. The number of para-hydroxylation sites is 1. The molecule has 3 aromatic rings. The minimum absolute atomic E-state index is 0.0548. The number of hydrogen-bond donors (Lipinski definition) is 1. The lowest BCUT2D eigenvalue weighted by molar-refractivity contribution is -0.383. The number of ether oxygens (including phenoxy) is 1. The second kappa shape index (κ2) is 6.74. The van der Waals surface area contributed by atoms with Crippen molar-refractivity contribution in [1.82, 2.24) is 4.98 Å². The summed E-state index contributed by atoms with van der Waals surface area (Å²) in [6.45, 7) is 1.05. The predicted octanol–water partition coefficient (Wildman–Crippen LogP) is 3.63. The molecule has 0 bridgehead atoms. The molecule has 1 heterocycles. The highest BCUT2D eigenvalue weighted by Crippen LogP contribution is 2.29. The van der Waals surface area contributed by atoms with Gasteiger partial charge < -0.3 is 10.1 Å². The highest BCUT2D eigenvalue weighted by Gasteiger charge is 2.14. The third-order valence-electron chi connectivity index (χ3n) is 3.37. The molecular formula is C17H15N3O3. The van der Waals surface area contributed by atoms with Gasteiger partial charge in [-0.05, 0) is 30.3 Å². The number of rotatable bonds is 6. The summed E-state index contributed by atoms with van der Waals surface area (Å²) in [7, 11) is 0. The lowest BCUT2D eigenvalue weighted by atomic mass is 10.1. The van der Waals surface area contributed by atoms with Gasteiger partial charge in [-0.15, -0.1) is 0 Å². The summed E-state index contributed by atoms with van der Waals surface area (Å²) in [6, 6.07) is 16.1. The van der Waals surface area contributed by atoms with Crippen molar-refractivity contribution in [2.24, 2.45) is 0 Å². The minimum Gasteiger partial charge on any atom is -0.492 e. The smallest absolute Gasteiger partial charge is 0.278 e. The molecule has 0 amide bonds. The number of nitrogens with zero attached hydrogens (tertiary/aromatic N) is 2. The fraction of sp³-hybridized carbons (Fsp3) is 0.118. The molecule has 0 fully saturated rings. The molecule has 1 N–H and O–H groups in total. The number of anilines is 1. The van der Waals surface area contributed by atoms with Crippen LogP contribution < -0.4 is 10.1 Å². The molecule has 0 aliphatic rings. The molecule has 6 heteroatoms. The number of fused-ring (bicyclic) bond motifs is 1. The molecule has 3 rings (SSSR count). The van der Waals surface area contributed by atoms with Crippen LogP contribution in [0.2, 0.25) is 0 Å². The van der Waals surface area contributed by atoms with Crippen LogP contribution in [0.4, 0.5) is 11.4 Å². The van der Waals surface area contributed by atoms with Crippen molar-refractivity contribution in [2.75, 3.05) is 18.5 Å². The summed E-state index contributed by atoms with van der Waals surface area (Å²) in [6.07, 6.45) is 1.62. The molecule has 0 aliphatic heterocycles. The normalized spacial score (nSPS) is 10.4. The minimum atomic E-state index is -0.397. The summed E-state index contributed by atoms with van der Waals surface area (Å²) in [5, 5.41) is 14.8. The van der Waals surface area contributed by atoms with Crippen LogP contribution in [0.3, 0.4) is 0 Å². The molecule has 0 saturated carbocycles. The van der Waals surface area contributed by atoms with E-state index < -0.39 is 4.92 Å². The highest BCUT2D eigenvalue weighted by molar-refractivity contribution is 5.96. The van der Waals surface area contributed by atoms with Crippen LogP contribution in [0.25, 0.3) is 10.9 Å². The van der Waals surface area contributed by atoms with Crippen molar-refractivity contribution < 1.29 is 9.66 Å². The highest BCUT2D eigenvalue weighted by atomic mass is 16.6. The van der Waals surface area contributed by atoms with Crippen LogP contribution in [0.15, 0.2) is 60.8 Å². The molecule has 0 spiro atoms. The monoisotopic (exact) mass is 309 g/mol. The topological polar surface area (TPSA) is 77.3 Å². The maximum absolute atomic E-state index is 11.1. The zero-order valence-corrected chi connectivity index (χ0v) is 12.3. The molecule has 0 unspecified atom stereocenters. The number of benzene rings is 2. The van der Waals surface area contributed by atoms with Gasteiger partial charge >= 0.3 is 0 Å². The van der Waals surface area contributed by atoms with E-state index in [-0.39, 0.29) is 5.69 Å². The Bertz CT molecular complexity index is 822.